The Bertz CT molecular complexity index is 824. The summed E-state index contributed by atoms with van der Waals surface area (Å²) in [6, 6.07) is 4.85. The van der Waals surface area contributed by atoms with Crippen LogP contribution < -0.4 is 4.74 Å². The predicted octanol–water partition coefficient (Wildman–Crippen LogP) is 2.77. The van der Waals surface area contributed by atoms with Crippen LogP contribution in [0, 0.1) is 5.82 Å². The molecule has 4 rings (SSSR count). The maximum absolute atomic E-state index is 13.7. The Hall–Kier alpha value is -1.25. The van der Waals surface area contributed by atoms with Crippen molar-refractivity contribution in [2.45, 2.75) is 37.0 Å². The number of aromatic nitrogens is 1. The quantitative estimate of drug-likeness (QED) is 0.845. The van der Waals surface area contributed by atoms with Crippen molar-refractivity contribution in [3.8, 4) is 5.19 Å². The van der Waals surface area contributed by atoms with E-state index >= 15 is 0 Å². The van der Waals surface area contributed by atoms with Crippen LogP contribution in [0.2, 0.25) is 0 Å². The third kappa shape index (κ3) is 2.95. The first kappa shape index (κ1) is 15.3. The zero-order chi connectivity index (χ0) is 16.0. The Morgan fingerprint density at radius 2 is 1.96 bits per heavy atom. The van der Waals surface area contributed by atoms with Gasteiger partial charge in [0, 0.05) is 13.1 Å². The molecule has 1 saturated carbocycles. The molecule has 2 fully saturated rings. The Morgan fingerprint density at radius 1 is 1.22 bits per heavy atom. The fourth-order valence-corrected chi connectivity index (χ4v) is 5.64. The highest BCUT2D eigenvalue weighted by atomic mass is 32.2. The van der Waals surface area contributed by atoms with Gasteiger partial charge in [0.25, 0.3) is 5.19 Å². The second kappa shape index (κ2) is 5.68. The largest absolute Gasteiger partial charge is 0.467 e. The number of benzene rings is 1. The molecule has 1 aromatic heterocycles. The third-order valence-corrected chi connectivity index (χ3v) is 7.63. The van der Waals surface area contributed by atoms with Gasteiger partial charge < -0.3 is 4.74 Å². The van der Waals surface area contributed by atoms with Crippen molar-refractivity contribution < 1.29 is 17.5 Å². The van der Waals surface area contributed by atoms with Crippen LogP contribution in [0.15, 0.2) is 18.2 Å². The number of fused-ring (bicyclic) bond motifs is 1. The lowest BCUT2D eigenvalue weighted by molar-refractivity contribution is 0.135. The van der Waals surface area contributed by atoms with Crippen LogP contribution in [-0.2, 0) is 10.0 Å². The molecule has 8 heteroatoms. The maximum atomic E-state index is 13.7. The number of rotatable bonds is 4. The molecule has 0 radical (unpaired) electrons. The van der Waals surface area contributed by atoms with Crippen LogP contribution >= 0.6 is 11.3 Å². The zero-order valence-corrected chi connectivity index (χ0v) is 14.1. The van der Waals surface area contributed by atoms with Crippen LogP contribution in [-0.4, -0.2) is 42.2 Å². The molecule has 0 atom stereocenters. The van der Waals surface area contributed by atoms with E-state index in [2.05, 4.69) is 4.98 Å². The highest BCUT2D eigenvalue weighted by molar-refractivity contribution is 7.90. The molecule has 0 bridgehead atoms. The first-order valence-electron chi connectivity index (χ1n) is 7.75. The van der Waals surface area contributed by atoms with E-state index in [1.807, 2.05) is 6.07 Å². The van der Waals surface area contributed by atoms with Gasteiger partial charge in [-0.15, -0.1) is 0 Å². The molecule has 0 N–H and O–H groups in total. The number of para-hydroxylation sites is 1. The number of sulfonamides is 1. The Morgan fingerprint density at radius 3 is 2.61 bits per heavy atom. The van der Waals surface area contributed by atoms with E-state index in [1.165, 1.54) is 17.4 Å². The van der Waals surface area contributed by atoms with E-state index in [0.717, 1.165) is 17.5 Å². The Labute approximate surface area is 138 Å². The standard InChI is InChI=1S/C15H17FN2O3S2/c16-12-2-1-3-13-14(12)17-15(22-13)21-10-6-8-18(9-7-10)23(19,20)11-4-5-11/h1-3,10-11H,4-9H2. The van der Waals surface area contributed by atoms with Crippen molar-refractivity contribution in [3.05, 3.63) is 24.0 Å². The van der Waals surface area contributed by atoms with Crippen molar-refractivity contribution in [1.82, 2.24) is 9.29 Å². The number of halogens is 1. The van der Waals surface area contributed by atoms with Gasteiger partial charge in [0.2, 0.25) is 10.0 Å². The van der Waals surface area contributed by atoms with E-state index in [1.54, 1.807) is 10.4 Å². The predicted molar refractivity (Wildman–Crippen MR) is 86.7 cm³/mol. The SMILES string of the molecule is O=S(=O)(C1CC1)N1CCC(Oc2nc3c(F)cccc3s2)CC1. The van der Waals surface area contributed by atoms with Gasteiger partial charge in [-0.2, -0.15) is 4.98 Å². The number of thiazole rings is 1. The number of hydrogen-bond acceptors (Lipinski definition) is 5. The fourth-order valence-electron chi connectivity index (χ4n) is 2.87. The van der Waals surface area contributed by atoms with Crippen LogP contribution in [0.5, 0.6) is 5.19 Å². The summed E-state index contributed by atoms with van der Waals surface area (Å²) >= 11 is 1.32. The minimum atomic E-state index is -3.10. The number of hydrogen-bond donors (Lipinski definition) is 0. The van der Waals surface area contributed by atoms with Gasteiger partial charge >= 0.3 is 0 Å². The van der Waals surface area contributed by atoms with Gasteiger partial charge in [0.15, 0.2) is 0 Å². The zero-order valence-electron chi connectivity index (χ0n) is 12.4. The first-order valence-corrected chi connectivity index (χ1v) is 10.1. The summed E-state index contributed by atoms with van der Waals surface area (Å²) in [4.78, 5) is 4.20. The fraction of sp³-hybridized carbons (Fsp3) is 0.533. The summed E-state index contributed by atoms with van der Waals surface area (Å²) in [5, 5.41) is 0.292. The lowest BCUT2D eigenvalue weighted by Crippen LogP contribution is -2.43. The average Bonchev–Trinajstić information content (AvgIpc) is 3.30. The van der Waals surface area contributed by atoms with E-state index in [0.29, 0.717) is 36.6 Å². The summed E-state index contributed by atoms with van der Waals surface area (Å²) in [7, 11) is -3.10. The van der Waals surface area contributed by atoms with Crippen molar-refractivity contribution in [2.75, 3.05) is 13.1 Å². The third-order valence-electron chi connectivity index (χ3n) is 4.32. The molecule has 0 unspecified atom stereocenters. The number of nitrogens with zero attached hydrogens (tertiary/aromatic N) is 2. The summed E-state index contributed by atoms with van der Waals surface area (Å²) in [5.74, 6) is -0.348. The Kier molecular flexibility index (Phi) is 3.78. The van der Waals surface area contributed by atoms with Crippen LogP contribution in [0.3, 0.4) is 0 Å². The molecule has 1 aliphatic heterocycles. The topological polar surface area (TPSA) is 59.5 Å². The van der Waals surface area contributed by atoms with Gasteiger partial charge in [-0.3, -0.25) is 0 Å². The Balaban J connectivity index is 1.41. The molecule has 0 spiro atoms. The van der Waals surface area contributed by atoms with Gasteiger partial charge in [0.05, 0.1) is 9.95 Å². The normalized spacial score (nSPS) is 20.9. The summed E-state index contributed by atoms with van der Waals surface area (Å²) in [5.41, 5.74) is 0.334. The molecule has 1 aliphatic carbocycles. The summed E-state index contributed by atoms with van der Waals surface area (Å²) in [6.07, 6.45) is 2.80. The second-order valence-electron chi connectivity index (χ2n) is 6.03. The number of piperidine rings is 1. The molecule has 1 saturated heterocycles. The molecule has 2 aromatic rings. The molecule has 1 aromatic carbocycles. The molecular weight excluding hydrogens is 339 g/mol. The molecule has 124 valence electrons. The lowest BCUT2D eigenvalue weighted by atomic mass is 10.1. The van der Waals surface area contributed by atoms with Gasteiger partial charge in [-0.1, -0.05) is 17.4 Å². The highest BCUT2D eigenvalue weighted by Gasteiger charge is 2.41. The van der Waals surface area contributed by atoms with Crippen molar-refractivity contribution in [2.24, 2.45) is 0 Å². The van der Waals surface area contributed by atoms with E-state index in [9.17, 15) is 12.8 Å². The average molecular weight is 356 g/mol. The van der Waals surface area contributed by atoms with E-state index in [-0.39, 0.29) is 17.2 Å². The number of ether oxygens (including phenoxy) is 1. The minimum absolute atomic E-state index is 0.0655. The van der Waals surface area contributed by atoms with Gasteiger partial charge in [-0.25, -0.2) is 17.1 Å². The van der Waals surface area contributed by atoms with Crippen LogP contribution in [0.1, 0.15) is 25.7 Å². The maximum Gasteiger partial charge on any atom is 0.274 e. The lowest BCUT2D eigenvalue weighted by Gasteiger charge is -2.30. The van der Waals surface area contributed by atoms with Crippen molar-refractivity contribution in [1.29, 1.82) is 0 Å². The molecule has 2 aliphatic rings. The first-order chi connectivity index (χ1) is 11.0. The molecule has 23 heavy (non-hydrogen) atoms. The molecule has 2 heterocycles. The van der Waals surface area contributed by atoms with Crippen LogP contribution in [0.25, 0.3) is 10.2 Å². The molecule has 0 amide bonds. The highest BCUT2D eigenvalue weighted by Crippen LogP contribution is 2.34. The van der Waals surface area contributed by atoms with Crippen molar-refractivity contribution in [3.63, 3.8) is 0 Å². The second-order valence-corrected chi connectivity index (χ2v) is 9.23. The molecular formula is C15H17FN2O3S2. The van der Waals surface area contributed by atoms with E-state index < -0.39 is 10.0 Å². The molecule has 5 nitrogen and oxygen atoms in total. The van der Waals surface area contributed by atoms with E-state index in [4.69, 9.17) is 4.74 Å². The summed E-state index contributed by atoms with van der Waals surface area (Å²) < 4.78 is 46.3. The monoisotopic (exact) mass is 356 g/mol. The smallest absolute Gasteiger partial charge is 0.274 e. The van der Waals surface area contributed by atoms with Gasteiger partial charge in [-0.05, 0) is 37.8 Å². The van der Waals surface area contributed by atoms with Crippen LogP contribution in [0.4, 0.5) is 4.39 Å². The minimum Gasteiger partial charge on any atom is -0.467 e. The van der Waals surface area contributed by atoms with Gasteiger partial charge in [0.1, 0.15) is 17.4 Å². The van der Waals surface area contributed by atoms with Crippen molar-refractivity contribution >= 4 is 31.6 Å². The summed E-state index contributed by atoms with van der Waals surface area (Å²) in [6.45, 7) is 0.978.